The predicted octanol–water partition coefficient (Wildman–Crippen LogP) is 2.73. The molecule has 2 rings (SSSR count). The summed E-state index contributed by atoms with van der Waals surface area (Å²) < 4.78 is 0.975. The Morgan fingerprint density at radius 2 is 2.24 bits per heavy atom. The van der Waals surface area contributed by atoms with E-state index in [9.17, 15) is 4.79 Å². The van der Waals surface area contributed by atoms with E-state index in [0.717, 1.165) is 21.5 Å². The van der Waals surface area contributed by atoms with Crippen LogP contribution in [0.25, 0.3) is 10.1 Å². The molecule has 21 heavy (non-hydrogen) atoms. The monoisotopic (exact) mass is 302 g/mol. The van der Waals surface area contributed by atoms with Crippen molar-refractivity contribution < 1.29 is 4.79 Å². The number of aryl methyl sites for hydroxylation is 2. The third kappa shape index (κ3) is 2.83. The molecule has 0 saturated heterocycles. The van der Waals surface area contributed by atoms with E-state index in [4.69, 9.17) is 11.0 Å². The number of anilines is 1. The van der Waals surface area contributed by atoms with Crippen LogP contribution in [-0.4, -0.2) is 29.4 Å². The van der Waals surface area contributed by atoms with E-state index >= 15 is 0 Å². The molecule has 0 aliphatic rings. The second-order valence-corrected chi connectivity index (χ2v) is 6.34. The SMILES string of the molecule is Cc1cc2sc(C(=O)N(C)CC(C)C#N)c(N)c2c(C)n1. The van der Waals surface area contributed by atoms with Crippen molar-refractivity contribution >= 4 is 33.0 Å². The molecule has 2 aromatic heterocycles. The number of fused-ring (bicyclic) bond motifs is 1. The highest BCUT2D eigenvalue weighted by molar-refractivity contribution is 7.21. The first-order valence-electron chi connectivity index (χ1n) is 6.66. The van der Waals surface area contributed by atoms with Gasteiger partial charge in [0.05, 0.1) is 17.7 Å². The molecule has 2 N–H and O–H groups in total. The number of nitrogen functional groups attached to an aromatic ring is 1. The van der Waals surface area contributed by atoms with Gasteiger partial charge >= 0.3 is 0 Å². The number of nitrogens with zero attached hydrogens (tertiary/aromatic N) is 3. The van der Waals surface area contributed by atoms with Gasteiger partial charge in [-0.05, 0) is 26.8 Å². The van der Waals surface area contributed by atoms with Gasteiger partial charge in [0.25, 0.3) is 5.91 Å². The van der Waals surface area contributed by atoms with Gasteiger partial charge < -0.3 is 10.6 Å². The highest BCUT2D eigenvalue weighted by atomic mass is 32.1. The smallest absolute Gasteiger partial charge is 0.265 e. The number of rotatable bonds is 3. The van der Waals surface area contributed by atoms with Gasteiger partial charge in [-0.15, -0.1) is 11.3 Å². The van der Waals surface area contributed by atoms with Gasteiger partial charge in [0.1, 0.15) is 4.88 Å². The van der Waals surface area contributed by atoms with Crippen molar-refractivity contribution in [3.05, 3.63) is 22.3 Å². The summed E-state index contributed by atoms with van der Waals surface area (Å²) in [5.74, 6) is -0.354. The van der Waals surface area contributed by atoms with E-state index in [0.29, 0.717) is 17.1 Å². The van der Waals surface area contributed by atoms with Crippen molar-refractivity contribution in [2.24, 2.45) is 5.92 Å². The van der Waals surface area contributed by atoms with Crippen molar-refractivity contribution in [2.45, 2.75) is 20.8 Å². The Balaban J connectivity index is 2.43. The van der Waals surface area contributed by atoms with Crippen LogP contribution in [0.4, 0.5) is 5.69 Å². The Kier molecular flexibility index (Phi) is 4.14. The lowest BCUT2D eigenvalue weighted by Crippen LogP contribution is -2.30. The molecule has 0 aliphatic carbocycles. The number of aromatic nitrogens is 1. The Hall–Kier alpha value is -2.13. The molecule has 110 valence electrons. The maximum absolute atomic E-state index is 12.5. The third-order valence-corrected chi connectivity index (χ3v) is 4.47. The predicted molar refractivity (Wildman–Crippen MR) is 85.2 cm³/mol. The quantitative estimate of drug-likeness (QED) is 0.945. The lowest BCUT2D eigenvalue weighted by molar-refractivity contribution is 0.0791. The number of pyridine rings is 1. The Morgan fingerprint density at radius 1 is 1.57 bits per heavy atom. The van der Waals surface area contributed by atoms with Crippen LogP contribution in [0.15, 0.2) is 6.07 Å². The summed E-state index contributed by atoms with van der Waals surface area (Å²) in [5, 5.41) is 9.71. The van der Waals surface area contributed by atoms with Crippen molar-refractivity contribution in [3.63, 3.8) is 0 Å². The maximum atomic E-state index is 12.5. The molecule has 0 bridgehead atoms. The van der Waals surface area contributed by atoms with E-state index in [1.807, 2.05) is 19.9 Å². The number of carbonyl (C=O) groups is 1. The molecule has 1 amide bonds. The first kappa shape index (κ1) is 15.3. The van der Waals surface area contributed by atoms with Gasteiger partial charge in [-0.1, -0.05) is 0 Å². The minimum absolute atomic E-state index is 0.146. The summed E-state index contributed by atoms with van der Waals surface area (Å²) in [5.41, 5.74) is 8.39. The van der Waals surface area contributed by atoms with Crippen molar-refractivity contribution in [2.75, 3.05) is 19.3 Å². The highest BCUT2D eigenvalue weighted by Crippen LogP contribution is 2.36. The van der Waals surface area contributed by atoms with Crippen LogP contribution in [-0.2, 0) is 0 Å². The lowest BCUT2D eigenvalue weighted by Gasteiger charge is -2.17. The summed E-state index contributed by atoms with van der Waals surface area (Å²) >= 11 is 1.38. The van der Waals surface area contributed by atoms with Gasteiger partial charge in [0.2, 0.25) is 0 Å². The van der Waals surface area contributed by atoms with Crippen LogP contribution >= 0.6 is 11.3 Å². The first-order chi connectivity index (χ1) is 9.85. The molecule has 2 aromatic rings. The average molecular weight is 302 g/mol. The summed E-state index contributed by atoms with van der Waals surface area (Å²) in [6.45, 7) is 5.99. The summed E-state index contributed by atoms with van der Waals surface area (Å²) in [6.07, 6.45) is 0. The van der Waals surface area contributed by atoms with E-state index in [-0.39, 0.29) is 11.8 Å². The van der Waals surface area contributed by atoms with E-state index in [1.54, 1.807) is 18.9 Å². The molecule has 0 fully saturated rings. The molecule has 0 spiro atoms. The second kappa shape index (κ2) is 5.70. The number of hydrogen-bond donors (Lipinski definition) is 1. The van der Waals surface area contributed by atoms with E-state index < -0.39 is 0 Å². The highest BCUT2D eigenvalue weighted by Gasteiger charge is 2.22. The molecule has 0 aromatic carbocycles. The molecule has 5 nitrogen and oxygen atoms in total. The summed E-state index contributed by atoms with van der Waals surface area (Å²) in [7, 11) is 1.69. The maximum Gasteiger partial charge on any atom is 0.265 e. The fraction of sp³-hybridized carbons (Fsp3) is 0.400. The summed E-state index contributed by atoms with van der Waals surface area (Å²) in [4.78, 5) is 19.0. The Labute approximate surface area is 128 Å². The number of hydrogen-bond acceptors (Lipinski definition) is 5. The van der Waals surface area contributed by atoms with Gasteiger partial charge in [-0.3, -0.25) is 9.78 Å². The fourth-order valence-corrected chi connectivity index (χ4v) is 3.61. The van der Waals surface area contributed by atoms with E-state index in [2.05, 4.69) is 11.1 Å². The second-order valence-electron chi connectivity index (χ2n) is 5.28. The molecule has 0 aliphatic heterocycles. The molecule has 1 atom stereocenters. The van der Waals surface area contributed by atoms with Crippen LogP contribution in [0.2, 0.25) is 0 Å². The van der Waals surface area contributed by atoms with Crippen molar-refractivity contribution in [3.8, 4) is 6.07 Å². The minimum Gasteiger partial charge on any atom is -0.397 e. The normalized spacial score (nSPS) is 12.1. The van der Waals surface area contributed by atoms with Crippen LogP contribution < -0.4 is 5.73 Å². The molecule has 0 radical (unpaired) electrons. The zero-order valence-corrected chi connectivity index (χ0v) is 13.4. The van der Waals surface area contributed by atoms with Crippen molar-refractivity contribution in [1.29, 1.82) is 5.26 Å². The van der Waals surface area contributed by atoms with Crippen molar-refractivity contribution in [1.82, 2.24) is 9.88 Å². The van der Waals surface area contributed by atoms with E-state index in [1.165, 1.54) is 11.3 Å². The number of nitrogens with two attached hydrogens (primary N) is 1. The molecule has 6 heteroatoms. The zero-order chi connectivity index (χ0) is 15.7. The average Bonchev–Trinajstić information content (AvgIpc) is 2.74. The van der Waals surface area contributed by atoms with Gasteiger partial charge in [-0.25, -0.2) is 0 Å². The zero-order valence-electron chi connectivity index (χ0n) is 12.6. The largest absolute Gasteiger partial charge is 0.397 e. The number of thiophene rings is 1. The molecule has 2 heterocycles. The van der Waals surface area contributed by atoms with Gasteiger partial charge in [0, 0.05) is 35.1 Å². The summed E-state index contributed by atoms with van der Waals surface area (Å²) in [6, 6.07) is 4.07. The van der Waals surface area contributed by atoms with Crippen LogP contribution in [0.3, 0.4) is 0 Å². The number of amides is 1. The topological polar surface area (TPSA) is 83.0 Å². The standard InChI is InChI=1S/C15H18N4OS/c1-8(6-16)7-19(4)15(20)14-13(17)12-10(3)18-9(2)5-11(12)21-14/h5,8H,7,17H2,1-4H3. The third-order valence-electron chi connectivity index (χ3n) is 3.33. The Bertz CT molecular complexity index is 744. The molecular formula is C15H18N4OS. The van der Waals surface area contributed by atoms with Gasteiger partial charge in [-0.2, -0.15) is 5.26 Å². The molecular weight excluding hydrogens is 284 g/mol. The number of carbonyl (C=O) groups excluding carboxylic acids is 1. The fourth-order valence-electron chi connectivity index (χ4n) is 2.35. The minimum atomic E-state index is -0.208. The van der Waals surface area contributed by atoms with Crippen LogP contribution in [0.1, 0.15) is 28.0 Å². The van der Waals surface area contributed by atoms with Crippen LogP contribution in [0.5, 0.6) is 0 Å². The Morgan fingerprint density at radius 3 is 2.86 bits per heavy atom. The lowest BCUT2D eigenvalue weighted by atomic mass is 10.1. The first-order valence-corrected chi connectivity index (χ1v) is 7.48. The van der Waals surface area contributed by atoms with Gasteiger partial charge in [0.15, 0.2) is 0 Å². The molecule has 0 saturated carbocycles. The number of nitriles is 1. The van der Waals surface area contributed by atoms with Crippen LogP contribution in [0, 0.1) is 31.1 Å². The molecule has 1 unspecified atom stereocenters.